The second-order valence-corrected chi connectivity index (χ2v) is 4.58. The van der Waals surface area contributed by atoms with Gasteiger partial charge < -0.3 is 15.2 Å². The molecule has 1 aromatic heterocycles. The number of aromatic nitrogens is 1. The van der Waals surface area contributed by atoms with Crippen LogP contribution >= 0.6 is 0 Å². The Labute approximate surface area is 111 Å². The summed E-state index contributed by atoms with van der Waals surface area (Å²) < 4.78 is 4.72. The zero-order valence-electron chi connectivity index (χ0n) is 10.5. The summed E-state index contributed by atoms with van der Waals surface area (Å²) in [6.07, 6.45) is 2.52. The molecule has 19 heavy (non-hydrogen) atoms. The van der Waals surface area contributed by atoms with E-state index in [0.29, 0.717) is 17.8 Å². The predicted octanol–water partition coefficient (Wildman–Crippen LogP) is 1.25. The van der Waals surface area contributed by atoms with Crippen LogP contribution in [0.1, 0.15) is 27.2 Å². The van der Waals surface area contributed by atoms with Gasteiger partial charge in [0.1, 0.15) is 12.0 Å². The number of benzene rings is 1. The van der Waals surface area contributed by atoms with Gasteiger partial charge in [0.05, 0.1) is 6.54 Å². The van der Waals surface area contributed by atoms with Crippen molar-refractivity contribution in [2.75, 3.05) is 6.54 Å². The number of amides is 1. The van der Waals surface area contributed by atoms with Crippen LogP contribution in [0.5, 0.6) is 0 Å². The molecule has 0 atom stereocenters. The molecule has 1 aromatic carbocycles. The Morgan fingerprint density at radius 1 is 1.37 bits per heavy atom. The minimum Gasteiger partial charge on any atom is -0.364 e. The SMILES string of the molecule is O=C(NCc1ccon1)c1ccc2c(c1)CNCC2. The molecule has 5 nitrogen and oxygen atoms in total. The van der Waals surface area contributed by atoms with Gasteiger partial charge in [-0.05, 0) is 36.2 Å². The van der Waals surface area contributed by atoms with E-state index in [-0.39, 0.29) is 5.91 Å². The molecule has 0 spiro atoms. The fourth-order valence-electron chi connectivity index (χ4n) is 2.22. The van der Waals surface area contributed by atoms with Gasteiger partial charge in [-0.1, -0.05) is 11.2 Å². The standard InChI is InChI=1S/C14H15N3O2/c18-14(16-9-13-4-6-19-17-13)11-2-1-10-3-5-15-8-12(10)7-11/h1-2,4,6-7,15H,3,5,8-9H2,(H,16,18). The Morgan fingerprint density at radius 2 is 2.32 bits per heavy atom. The Bertz CT molecular complexity index is 578. The van der Waals surface area contributed by atoms with Gasteiger partial charge in [0, 0.05) is 18.2 Å². The van der Waals surface area contributed by atoms with Crippen LogP contribution in [0.25, 0.3) is 0 Å². The van der Waals surface area contributed by atoms with E-state index in [9.17, 15) is 4.79 Å². The van der Waals surface area contributed by atoms with Gasteiger partial charge in [0.15, 0.2) is 0 Å². The molecule has 98 valence electrons. The summed E-state index contributed by atoms with van der Waals surface area (Å²) in [5.74, 6) is -0.0867. The third-order valence-corrected chi connectivity index (χ3v) is 3.28. The smallest absolute Gasteiger partial charge is 0.251 e. The highest BCUT2D eigenvalue weighted by atomic mass is 16.5. The van der Waals surface area contributed by atoms with Crippen LogP contribution in [-0.4, -0.2) is 17.6 Å². The fourth-order valence-corrected chi connectivity index (χ4v) is 2.22. The highest BCUT2D eigenvalue weighted by molar-refractivity contribution is 5.94. The van der Waals surface area contributed by atoms with Crippen molar-refractivity contribution < 1.29 is 9.32 Å². The van der Waals surface area contributed by atoms with Crippen LogP contribution in [0, 0.1) is 0 Å². The van der Waals surface area contributed by atoms with Crippen LogP contribution in [0.4, 0.5) is 0 Å². The molecule has 3 rings (SSSR count). The fraction of sp³-hybridized carbons (Fsp3) is 0.286. The van der Waals surface area contributed by atoms with Crippen molar-refractivity contribution >= 4 is 5.91 Å². The van der Waals surface area contributed by atoms with Crippen LogP contribution in [0.3, 0.4) is 0 Å². The first kappa shape index (κ1) is 11.9. The Morgan fingerprint density at radius 3 is 3.16 bits per heavy atom. The summed E-state index contributed by atoms with van der Waals surface area (Å²) in [5.41, 5.74) is 3.94. The number of carbonyl (C=O) groups is 1. The number of nitrogens with one attached hydrogen (secondary N) is 2. The number of hydrogen-bond donors (Lipinski definition) is 2. The minimum atomic E-state index is -0.0867. The van der Waals surface area contributed by atoms with Gasteiger partial charge in [-0.2, -0.15) is 0 Å². The van der Waals surface area contributed by atoms with Gasteiger partial charge in [-0.25, -0.2) is 0 Å². The molecule has 2 N–H and O–H groups in total. The highest BCUT2D eigenvalue weighted by Gasteiger charge is 2.12. The normalized spacial score (nSPS) is 13.9. The molecule has 0 bridgehead atoms. The lowest BCUT2D eigenvalue weighted by atomic mass is 9.98. The number of fused-ring (bicyclic) bond motifs is 1. The number of rotatable bonds is 3. The Balaban J connectivity index is 1.69. The molecule has 0 fully saturated rings. The zero-order valence-corrected chi connectivity index (χ0v) is 10.5. The van der Waals surface area contributed by atoms with Gasteiger partial charge in [-0.3, -0.25) is 4.79 Å². The first-order valence-electron chi connectivity index (χ1n) is 6.33. The van der Waals surface area contributed by atoms with E-state index < -0.39 is 0 Å². The van der Waals surface area contributed by atoms with Gasteiger partial charge >= 0.3 is 0 Å². The van der Waals surface area contributed by atoms with E-state index in [1.807, 2.05) is 18.2 Å². The van der Waals surface area contributed by atoms with E-state index in [0.717, 1.165) is 19.5 Å². The average Bonchev–Trinajstić information content (AvgIpc) is 2.97. The second kappa shape index (κ2) is 5.24. The van der Waals surface area contributed by atoms with Crippen LogP contribution < -0.4 is 10.6 Å². The monoisotopic (exact) mass is 257 g/mol. The molecule has 0 saturated heterocycles. The number of nitrogens with zero attached hydrogens (tertiary/aromatic N) is 1. The van der Waals surface area contributed by atoms with E-state index >= 15 is 0 Å². The molecule has 0 saturated carbocycles. The molecule has 0 unspecified atom stereocenters. The van der Waals surface area contributed by atoms with Crippen LogP contribution in [0.15, 0.2) is 35.1 Å². The highest BCUT2D eigenvalue weighted by Crippen LogP contribution is 2.15. The second-order valence-electron chi connectivity index (χ2n) is 4.58. The summed E-state index contributed by atoms with van der Waals surface area (Å²) in [5, 5.41) is 9.89. The van der Waals surface area contributed by atoms with Crippen molar-refractivity contribution in [1.82, 2.24) is 15.8 Å². The van der Waals surface area contributed by atoms with Crippen LogP contribution in [0.2, 0.25) is 0 Å². The number of hydrogen-bond acceptors (Lipinski definition) is 4. The third kappa shape index (κ3) is 2.66. The molecule has 1 aliphatic heterocycles. The van der Waals surface area contributed by atoms with Crippen molar-refractivity contribution in [3.8, 4) is 0 Å². The van der Waals surface area contributed by atoms with Crippen molar-refractivity contribution in [2.45, 2.75) is 19.5 Å². The Kier molecular flexibility index (Phi) is 3.29. The summed E-state index contributed by atoms with van der Waals surface area (Å²) in [7, 11) is 0. The van der Waals surface area contributed by atoms with Crippen molar-refractivity contribution in [2.24, 2.45) is 0 Å². The predicted molar refractivity (Wildman–Crippen MR) is 69.5 cm³/mol. The van der Waals surface area contributed by atoms with Gasteiger partial charge in [-0.15, -0.1) is 0 Å². The van der Waals surface area contributed by atoms with Crippen LogP contribution in [-0.2, 0) is 19.5 Å². The van der Waals surface area contributed by atoms with Gasteiger partial charge in [0.2, 0.25) is 0 Å². The lowest BCUT2D eigenvalue weighted by molar-refractivity contribution is 0.0950. The topological polar surface area (TPSA) is 67.2 Å². The van der Waals surface area contributed by atoms with Crippen molar-refractivity contribution in [3.05, 3.63) is 52.9 Å². The maximum absolute atomic E-state index is 12.0. The van der Waals surface area contributed by atoms with E-state index in [1.165, 1.54) is 17.4 Å². The van der Waals surface area contributed by atoms with E-state index in [1.54, 1.807) is 6.07 Å². The molecule has 5 heteroatoms. The maximum atomic E-state index is 12.0. The lowest BCUT2D eigenvalue weighted by Gasteiger charge is -2.17. The van der Waals surface area contributed by atoms with Crippen molar-refractivity contribution in [1.29, 1.82) is 0 Å². The molecule has 0 aliphatic carbocycles. The quantitative estimate of drug-likeness (QED) is 0.868. The van der Waals surface area contributed by atoms with Gasteiger partial charge in [0.25, 0.3) is 5.91 Å². The summed E-state index contributed by atoms with van der Waals surface area (Å²) in [6.45, 7) is 2.22. The summed E-state index contributed by atoms with van der Waals surface area (Å²) in [4.78, 5) is 12.0. The summed E-state index contributed by atoms with van der Waals surface area (Å²) in [6, 6.07) is 7.61. The molecule has 0 radical (unpaired) electrons. The zero-order chi connectivity index (χ0) is 13.1. The molecule has 1 amide bonds. The van der Waals surface area contributed by atoms with E-state index in [4.69, 9.17) is 4.52 Å². The third-order valence-electron chi connectivity index (χ3n) is 3.28. The van der Waals surface area contributed by atoms with E-state index in [2.05, 4.69) is 15.8 Å². The number of carbonyl (C=O) groups excluding carboxylic acids is 1. The van der Waals surface area contributed by atoms with Crippen molar-refractivity contribution in [3.63, 3.8) is 0 Å². The molecular weight excluding hydrogens is 242 g/mol. The molecular formula is C14H15N3O2. The summed E-state index contributed by atoms with van der Waals surface area (Å²) >= 11 is 0. The molecule has 2 aromatic rings. The lowest BCUT2D eigenvalue weighted by Crippen LogP contribution is -2.26. The first-order chi connectivity index (χ1) is 9.33. The molecule has 1 aliphatic rings. The largest absolute Gasteiger partial charge is 0.364 e. The first-order valence-corrected chi connectivity index (χ1v) is 6.33. The minimum absolute atomic E-state index is 0.0867. The maximum Gasteiger partial charge on any atom is 0.251 e. The Hall–Kier alpha value is -2.14. The average molecular weight is 257 g/mol. The molecule has 2 heterocycles.